The highest BCUT2D eigenvalue weighted by atomic mass is 19.4. The summed E-state index contributed by atoms with van der Waals surface area (Å²) >= 11 is 0. The van der Waals surface area contributed by atoms with Crippen LogP contribution in [-0.4, -0.2) is 66.5 Å². The summed E-state index contributed by atoms with van der Waals surface area (Å²) in [6, 6.07) is 0. The van der Waals surface area contributed by atoms with Crippen molar-refractivity contribution >= 4 is 0 Å². The minimum absolute atomic E-state index is 0.335. The van der Waals surface area contributed by atoms with Gasteiger partial charge in [0.15, 0.2) is 6.10 Å². The van der Waals surface area contributed by atoms with Gasteiger partial charge in [0.05, 0.1) is 0 Å². The van der Waals surface area contributed by atoms with Crippen molar-refractivity contribution in [2.75, 3.05) is 39.3 Å². The Kier molecular flexibility index (Phi) is 8.56. The number of nitrogens with zero attached hydrogens (tertiary/aromatic N) is 2. The van der Waals surface area contributed by atoms with Crippen molar-refractivity contribution in [1.29, 1.82) is 0 Å². The highest BCUT2D eigenvalue weighted by Gasteiger charge is 2.38. The predicted molar refractivity (Wildman–Crippen MR) is 66.6 cm³/mol. The first kappa shape index (κ1) is 17.7. The van der Waals surface area contributed by atoms with E-state index in [0.29, 0.717) is 13.1 Å². The zero-order valence-electron chi connectivity index (χ0n) is 11.5. The van der Waals surface area contributed by atoms with Crippen molar-refractivity contribution in [1.82, 2.24) is 9.80 Å². The molecular formula is C12H25F3N2O. The van der Waals surface area contributed by atoms with Crippen LogP contribution in [0.3, 0.4) is 0 Å². The van der Waals surface area contributed by atoms with Gasteiger partial charge in [0, 0.05) is 6.54 Å². The summed E-state index contributed by atoms with van der Waals surface area (Å²) in [5.41, 5.74) is 0. The maximum Gasteiger partial charge on any atom is 0.415 e. The van der Waals surface area contributed by atoms with Crippen molar-refractivity contribution in [3.63, 3.8) is 0 Å². The monoisotopic (exact) mass is 270 g/mol. The second-order valence-electron chi connectivity index (χ2n) is 4.33. The van der Waals surface area contributed by atoms with Gasteiger partial charge in [0.1, 0.15) is 0 Å². The van der Waals surface area contributed by atoms with E-state index in [1.54, 1.807) is 11.8 Å². The summed E-state index contributed by atoms with van der Waals surface area (Å²) in [5.74, 6) is 0. The molecule has 1 N–H and O–H groups in total. The molecule has 0 aromatic carbocycles. The van der Waals surface area contributed by atoms with Crippen molar-refractivity contribution in [2.45, 2.75) is 39.5 Å². The number of alkyl halides is 3. The molecule has 0 amide bonds. The molecule has 0 aromatic rings. The third-order valence-electron chi connectivity index (χ3n) is 3.10. The molecule has 0 fully saturated rings. The third-order valence-corrected chi connectivity index (χ3v) is 3.10. The fourth-order valence-electron chi connectivity index (χ4n) is 1.78. The van der Waals surface area contributed by atoms with Crippen LogP contribution in [0.15, 0.2) is 0 Å². The Balaban J connectivity index is 3.97. The Labute approximate surface area is 108 Å². The summed E-state index contributed by atoms with van der Waals surface area (Å²) in [6.45, 7) is 9.49. The van der Waals surface area contributed by atoms with Crippen LogP contribution in [-0.2, 0) is 0 Å². The number of hydrogen-bond acceptors (Lipinski definition) is 3. The van der Waals surface area contributed by atoms with Crippen LogP contribution in [0.2, 0.25) is 0 Å². The summed E-state index contributed by atoms with van der Waals surface area (Å²) < 4.78 is 36.7. The van der Waals surface area contributed by atoms with Gasteiger partial charge in [-0.2, -0.15) is 13.2 Å². The Morgan fingerprint density at radius 2 is 1.39 bits per heavy atom. The topological polar surface area (TPSA) is 26.7 Å². The van der Waals surface area contributed by atoms with Gasteiger partial charge in [0.2, 0.25) is 0 Å². The van der Waals surface area contributed by atoms with Gasteiger partial charge in [-0.25, -0.2) is 0 Å². The zero-order valence-corrected chi connectivity index (χ0v) is 11.5. The first-order chi connectivity index (χ1) is 8.35. The van der Waals surface area contributed by atoms with Crippen LogP contribution in [0.5, 0.6) is 0 Å². The summed E-state index contributed by atoms with van der Waals surface area (Å²) in [7, 11) is 0. The first-order valence-electron chi connectivity index (χ1n) is 6.54. The molecular weight excluding hydrogens is 245 g/mol. The molecule has 0 bridgehead atoms. The maximum absolute atomic E-state index is 12.2. The molecule has 18 heavy (non-hydrogen) atoms. The fraction of sp³-hybridized carbons (Fsp3) is 1.00. The zero-order chi connectivity index (χ0) is 14.2. The van der Waals surface area contributed by atoms with Crippen molar-refractivity contribution < 1.29 is 18.3 Å². The van der Waals surface area contributed by atoms with E-state index in [-0.39, 0.29) is 6.54 Å². The molecule has 0 aliphatic carbocycles. The number of halogens is 3. The molecule has 0 aliphatic heterocycles. The predicted octanol–water partition coefficient (Wildman–Crippen LogP) is 1.96. The fourth-order valence-corrected chi connectivity index (χ4v) is 1.78. The van der Waals surface area contributed by atoms with Gasteiger partial charge < -0.3 is 14.9 Å². The van der Waals surface area contributed by atoms with E-state index < -0.39 is 12.3 Å². The number of aliphatic hydroxyl groups is 1. The summed E-state index contributed by atoms with van der Waals surface area (Å²) in [4.78, 5) is 3.87. The Bertz CT molecular complexity index is 208. The van der Waals surface area contributed by atoms with E-state index in [4.69, 9.17) is 5.11 Å². The minimum Gasteiger partial charge on any atom is -0.382 e. The van der Waals surface area contributed by atoms with Crippen LogP contribution in [0.4, 0.5) is 13.2 Å². The lowest BCUT2D eigenvalue weighted by molar-refractivity contribution is -0.208. The molecule has 0 spiro atoms. The van der Waals surface area contributed by atoms with Crippen LogP contribution < -0.4 is 0 Å². The molecule has 0 aliphatic rings. The van der Waals surface area contributed by atoms with E-state index in [9.17, 15) is 13.2 Å². The molecule has 0 aromatic heterocycles. The number of hydrogen-bond donors (Lipinski definition) is 1. The lowest BCUT2D eigenvalue weighted by Crippen LogP contribution is -2.41. The Hall–Kier alpha value is -0.330. The average molecular weight is 270 g/mol. The van der Waals surface area contributed by atoms with Gasteiger partial charge in [-0.15, -0.1) is 0 Å². The van der Waals surface area contributed by atoms with E-state index in [1.807, 2.05) is 0 Å². The molecule has 0 saturated heterocycles. The lowest BCUT2D eigenvalue weighted by Gasteiger charge is -2.26. The molecule has 0 heterocycles. The van der Waals surface area contributed by atoms with Gasteiger partial charge in [-0.1, -0.05) is 20.8 Å². The molecule has 3 nitrogen and oxygen atoms in total. The highest BCUT2D eigenvalue weighted by Crippen LogP contribution is 2.20. The van der Waals surface area contributed by atoms with E-state index in [2.05, 4.69) is 18.7 Å². The van der Waals surface area contributed by atoms with Gasteiger partial charge in [-0.05, 0) is 39.1 Å². The highest BCUT2D eigenvalue weighted by molar-refractivity contribution is 4.70. The second kappa shape index (κ2) is 8.72. The molecule has 1 unspecified atom stereocenters. The van der Waals surface area contributed by atoms with Crippen molar-refractivity contribution in [3.8, 4) is 0 Å². The molecule has 110 valence electrons. The van der Waals surface area contributed by atoms with E-state index in [0.717, 1.165) is 26.1 Å². The number of aliphatic hydroxyl groups excluding tert-OH is 1. The third kappa shape index (κ3) is 7.18. The molecule has 6 heteroatoms. The standard InChI is InChI=1S/C12H25F3N2O/c1-4-16(5-2)8-7-9-17(6-3)10-11(18)12(13,14)15/h11,18H,4-10H2,1-3H3. The second-order valence-corrected chi connectivity index (χ2v) is 4.33. The summed E-state index contributed by atoms with van der Waals surface area (Å²) in [6.07, 6.45) is -5.95. The number of likely N-dealkylation sites (N-methyl/N-ethyl adjacent to an activating group) is 1. The maximum atomic E-state index is 12.2. The van der Waals surface area contributed by atoms with Gasteiger partial charge >= 0.3 is 6.18 Å². The van der Waals surface area contributed by atoms with E-state index in [1.165, 1.54) is 0 Å². The smallest absolute Gasteiger partial charge is 0.382 e. The number of rotatable bonds is 9. The van der Waals surface area contributed by atoms with Crippen LogP contribution in [0.1, 0.15) is 27.2 Å². The van der Waals surface area contributed by atoms with Crippen LogP contribution in [0, 0.1) is 0 Å². The molecule has 0 radical (unpaired) electrons. The Morgan fingerprint density at radius 1 is 0.944 bits per heavy atom. The van der Waals surface area contributed by atoms with Crippen LogP contribution >= 0.6 is 0 Å². The summed E-state index contributed by atoms with van der Waals surface area (Å²) in [5, 5.41) is 9.01. The molecule has 0 saturated carbocycles. The van der Waals surface area contributed by atoms with Gasteiger partial charge in [0.25, 0.3) is 0 Å². The normalized spacial score (nSPS) is 14.5. The largest absolute Gasteiger partial charge is 0.415 e. The SMILES string of the molecule is CCN(CC)CCCN(CC)CC(O)C(F)(F)F. The average Bonchev–Trinajstić information content (AvgIpc) is 2.31. The first-order valence-corrected chi connectivity index (χ1v) is 6.54. The quantitative estimate of drug-likeness (QED) is 0.694. The minimum atomic E-state index is -4.52. The van der Waals surface area contributed by atoms with Crippen molar-refractivity contribution in [3.05, 3.63) is 0 Å². The lowest BCUT2D eigenvalue weighted by atomic mass is 10.2. The molecule has 1 atom stereocenters. The van der Waals surface area contributed by atoms with E-state index >= 15 is 0 Å². The van der Waals surface area contributed by atoms with Crippen molar-refractivity contribution in [2.24, 2.45) is 0 Å². The molecule has 0 rings (SSSR count). The van der Waals surface area contributed by atoms with Crippen LogP contribution in [0.25, 0.3) is 0 Å². The van der Waals surface area contributed by atoms with Gasteiger partial charge in [-0.3, -0.25) is 0 Å². The Morgan fingerprint density at radius 3 is 1.78 bits per heavy atom.